The van der Waals surface area contributed by atoms with Crippen molar-refractivity contribution in [3.63, 3.8) is 0 Å². The minimum atomic E-state index is -0.176. The van der Waals surface area contributed by atoms with Gasteiger partial charge in [-0.05, 0) is 37.5 Å². The Hall–Kier alpha value is -2.76. The predicted molar refractivity (Wildman–Crippen MR) is 99.8 cm³/mol. The fourth-order valence-corrected chi connectivity index (χ4v) is 2.39. The van der Waals surface area contributed by atoms with Crippen LogP contribution in [-0.4, -0.2) is 32.0 Å². The van der Waals surface area contributed by atoms with Crippen LogP contribution in [0, 0.1) is 13.8 Å². The molecule has 0 unspecified atom stereocenters. The molecule has 1 aromatic heterocycles. The van der Waals surface area contributed by atoms with Gasteiger partial charge in [0.2, 0.25) is 0 Å². The molecule has 25 heavy (non-hydrogen) atoms. The van der Waals surface area contributed by atoms with E-state index in [1.165, 1.54) is 17.4 Å². The second-order valence-corrected chi connectivity index (χ2v) is 5.82. The lowest BCUT2D eigenvalue weighted by Gasteiger charge is -2.13. The van der Waals surface area contributed by atoms with Crippen molar-refractivity contribution in [3.8, 4) is 0 Å². The van der Waals surface area contributed by atoms with E-state index in [0.29, 0.717) is 18.8 Å². The first-order valence-corrected chi connectivity index (χ1v) is 8.43. The van der Waals surface area contributed by atoms with Gasteiger partial charge in [0.05, 0.1) is 6.26 Å². The molecule has 0 aliphatic heterocycles. The first-order valence-electron chi connectivity index (χ1n) is 8.43. The van der Waals surface area contributed by atoms with Crippen molar-refractivity contribution in [1.29, 1.82) is 0 Å². The van der Waals surface area contributed by atoms with Crippen LogP contribution >= 0.6 is 0 Å². The fraction of sp³-hybridized carbons (Fsp3) is 0.368. The minimum Gasteiger partial charge on any atom is -0.459 e. The van der Waals surface area contributed by atoms with Gasteiger partial charge in [-0.25, -0.2) is 0 Å². The van der Waals surface area contributed by atoms with Crippen LogP contribution in [-0.2, 0) is 6.54 Å². The highest BCUT2D eigenvalue weighted by Crippen LogP contribution is 2.08. The zero-order valence-corrected chi connectivity index (χ0v) is 15.1. The second kappa shape index (κ2) is 9.52. The molecule has 134 valence electrons. The average Bonchev–Trinajstić information content (AvgIpc) is 3.04. The largest absolute Gasteiger partial charge is 0.459 e. The van der Waals surface area contributed by atoms with Crippen LogP contribution in [0.4, 0.5) is 0 Å². The standard InChI is InChI=1S/C19H26N4O2/c1-14-7-4-5-8-16(14)13-23-19(20-3)22-11-6-10-21-18(24)17-15(2)9-12-25-17/h4-5,7-9,12H,6,10-11,13H2,1-3H3,(H,21,24)(H2,20,22,23). The summed E-state index contributed by atoms with van der Waals surface area (Å²) < 4.78 is 5.17. The summed E-state index contributed by atoms with van der Waals surface area (Å²) in [6, 6.07) is 10.0. The van der Waals surface area contributed by atoms with Crippen molar-refractivity contribution >= 4 is 11.9 Å². The third-order valence-corrected chi connectivity index (χ3v) is 3.93. The molecular weight excluding hydrogens is 316 g/mol. The molecule has 2 rings (SSSR count). The summed E-state index contributed by atoms with van der Waals surface area (Å²) in [6.07, 6.45) is 2.31. The van der Waals surface area contributed by atoms with Crippen molar-refractivity contribution in [2.75, 3.05) is 20.1 Å². The normalized spacial score (nSPS) is 11.2. The zero-order valence-electron chi connectivity index (χ0n) is 15.1. The fourth-order valence-electron chi connectivity index (χ4n) is 2.39. The Morgan fingerprint density at radius 1 is 1.04 bits per heavy atom. The number of aliphatic imine (C=N–C) groups is 1. The molecule has 2 aromatic rings. The maximum atomic E-state index is 11.9. The van der Waals surface area contributed by atoms with E-state index in [9.17, 15) is 4.79 Å². The number of aryl methyl sites for hydroxylation is 2. The van der Waals surface area contributed by atoms with Crippen molar-refractivity contribution < 1.29 is 9.21 Å². The molecule has 0 spiro atoms. The second-order valence-electron chi connectivity index (χ2n) is 5.82. The maximum absolute atomic E-state index is 11.9. The topological polar surface area (TPSA) is 78.7 Å². The summed E-state index contributed by atoms with van der Waals surface area (Å²) in [4.78, 5) is 16.1. The summed E-state index contributed by atoms with van der Waals surface area (Å²) in [6.45, 7) is 5.95. The monoisotopic (exact) mass is 342 g/mol. The summed E-state index contributed by atoms with van der Waals surface area (Å²) in [5.74, 6) is 0.949. The summed E-state index contributed by atoms with van der Waals surface area (Å²) in [7, 11) is 1.74. The van der Waals surface area contributed by atoms with Crippen LogP contribution < -0.4 is 16.0 Å². The summed E-state index contributed by atoms with van der Waals surface area (Å²) in [5.41, 5.74) is 3.34. The third-order valence-electron chi connectivity index (χ3n) is 3.93. The molecule has 0 radical (unpaired) electrons. The van der Waals surface area contributed by atoms with Gasteiger partial charge in [-0.3, -0.25) is 9.79 Å². The van der Waals surface area contributed by atoms with E-state index in [4.69, 9.17) is 4.42 Å². The van der Waals surface area contributed by atoms with E-state index >= 15 is 0 Å². The average molecular weight is 342 g/mol. The van der Waals surface area contributed by atoms with E-state index < -0.39 is 0 Å². The first-order chi connectivity index (χ1) is 12.1. The van der Waals surface area contributed by atoms with Crippen molar-refractivity contribution in [2.45, 2.75) is 26.8 Å². The Labute approximate surface area is 148 Å². The van der Waals surface area contributed by atoms with Crippen LogP contribution in [0.5, 0.6) is 0 Å². The summed E-state index contributed by atoms with van der Waals surface area (Å²) >= 11 is 0. The number of rotatable bonds is 7. The Bertz CT molecular complexity index is 722. The Balaban J connectivity index is 1.65. The van der Waals surface area contributed by atoms with Gasteiger partial charge >= 0.3 is 0 Å². The minimum absolute atomic E-state index is 0.176. The molecule has 0 fully saturated rings. The van der Waals surface area contributed by atoms with E-state index in [2.05, 4.69) is 40.0 Å². The van der Waals surface area contributed by atoms with E-state index in [0.717, 1.165) is 24.5 Å². The molecule has 0 saturated carbocycles. The molecule has 0 atom stereocenters. The first kappa shape index (κ1) is 18.6. The molecule has 0 aliphatic rings. The lowest BCUT2D eigenvalue weighted by molar-refractivity contribution is 0.0925. The number of carbonyl (C=O) groups excluding carboxylic acids is 1. The number of benzene rings is 1. The maximum Gasteiger partial charge on any atom is 0.287 e. The number of furan rings is 1. The van der Waals surface area contributed by atoms with Crippen LogP contribution in [0.2, 0.25) is 0 Å². The lowest BCUT2D eigenvalue weighted by Crippen LogP contribution is -2.38. The highest BCUT2D eigenvalue weighted by Gasteiger charge is 2.11. The van der Waals surface area contributed by atoms with Gasteiger partial charge in [0.25, 0.3) is 5.91 Å². The van der Waals surface area contributed by atoms with Gasteiger partial charge in [-0.2, -0.15) is 0 Å². The van der Waals surface area contributed by atoms with Crippen molar-refractivity contribution in [1.82, 2.24) is 16.0 Å². The molecule has 0 saturated heterocycles. The molecule has 3 N–H and O–H groups in total. The van der Waals surface area contributed by atoms with E-state index in [1.807, 2.05) is 19.1 Å². The Morgan fingerprint density at radius 2 is 1.80 bits per heavy atom. The van der Waals surface area contributed by atoms with Gasteiger partial charge in [0.1, 0.15) is 0 Å². The van der Waals surface area contributed by atoms with Gasteiger partial charge < -0.3 is 20.4 Å². The van der Waals surface area contributed by atoms with Crippen LogP contribution in [0.15, 0.2) is 46.0 Å². The number of nitrogens with zero attached hydrogens (tertiary/aromatic N) is 1. The number of hydrogen-bond donors (Lipinski definition) is 3. The van der Waals surface area contributed by atoms with E-state index in [-0.39, 0.29) is 5.91 Å². The van der Waals surface area contributed by atoms with Gasteiger partial charge in [-0.15, -0.1) is 0 Å². The van der Waals surface area contributed by atoms with Crippen LogP contribution in [0.25, 0.3) is 0 Å². The molecule has 1 heterocycles. The van der Waals surface area contributed by atoms with Crippen LogP contribution in [0.1, 0.15) is 33.7 Å². The molecule has 0 aliphatic carbocycles. The number of guanidine groups is 1. The molecule has 1 aromatic carbocycles. The van der Waals surface area contributed by atoms with Gasteiger partial charge in [0, 0.05) is 32.2 Å². The molecule has 6 heteroatoms. The van der Waals surface area contributed by atoms with Crippen LogP contribution in [0.3, 0.4) is 0 Å². The number of carbonyl (C=O) groups is 1. The third kappa shape index (κ3) is 5.67. The van der Waals surface area contributed by atoms with Crippen molar-refractivity contribution in [2.24, 2.45) is 4.99 Å². The lowest BCUT2D eigenvalue weighted by atomic mass is 10.1. The highest BCUT2D eigenvalue weighted by atomic mass is 16.3. The zero-order chi connectivity index (χ0) is 18.1. The quantitative estimate of drug-likeness (QED) is 0.410. The smallest absolute Gasteiger partial charge is 0.287 e. The molecule has 6 nitrogen and oxygen atoms in total. The Morgan fingerprint density at radius 3 is 2.48 bits per heavy atom. The molecular formula is C19H26N4O2. The van der Waals surface area contributed by atoms with E-state index in [1.54, 1.807) is 13.1 Å². The highest BCUT2D eigenvalue weighted by molar-refractivity contribution is 5.92. The molecule has 1 amide bonds. The number of nitrogens with one attached hydrogen (secondary N) is 3. The van der Waals surface area contributed by atoms with Gasteiger partial charge in [-0.1, -0.05) is 24.3 Å². The molecule has 0 bridgehead atoms. The van der Waals surface area contributed by atoms with Gasteiger partial charge in [0.15, 0.2) is 11.7 Å². The Kier molecular flexibility index (Phi) is 7.07. The number of amides is 1. The van der Waals surface area contributed by atoms with Crippen molar-refractivity contribution in [3.05, 3.63) is 59.0 Å². The predicted octanol–water partition coefficient (Wildman–Crippen LogP) is 2.38. The SMILES string of the molecule is CN=C(NCCCNC(=O)c1occc1C)NCc1ccccc1C. The number of hydrogen-bond acceptors (Lipinski definition) is 3. The summed E-state index contributed by atoms with van der Waals surface area (Å²) in [5, 5.41) is 9.39.